The summed E-state index contributed by atoms with van der Waals surface area (Å²) in [5.41, 5.74) is 6.77. The van der Waals surface area contributed by atoms with Crippen LogP contribution in [0.4, 0.5) is 4.39 Å². The van der Waals surface area contributed by atoms with E-state index in [4.69, 9.17) is 15.2 Å². The molecule has 142 valence electrons. The lowest BCUT2D eigenvalue weighted by Gasteiger charge is -2.22. The van der Waals surface area contributed by atoms with Gasteiger partial charge in [-0.25, -0.2) is 4.39 Å². The summed E-state index contributed by atoms with van der Waals surface area (Å²) in [6.07, 6.45) is 0.881. The number of rotatable bonds is 8. The molecule has 0 spiro atoms. The normalized spacial score (nSPS) is 11.2. The van der Waals surface area contributed by atoms with Crippen LogP contribution in [0.1, 0.15) is 30.0 Å². The molecule has 0 saturated carbocycles. The van der Waals surface area contributed by atoms with Gasteiger partial charge in [0.25, 0.3) is 0 Å². The largest absolute Gasteiger partial charge is 0.497 e. The van der Waals surface area contributed by atoms with Crippen LogP contribution < -0.4 is 20.5 Å². The van der Waals surface area contributed by atoms with E-state index in [1.807, 2.05) is 12.1 Å². The Morgan fingerprint density at radius 3 is 2.62 bits per heavy atom. The number of benzene rings is 2. The Hall–Kier alpha value is -2.31. The van der Waals surface area contributed by atoms with Gasteiger partial charge in [-0.2, -0.15) is 0 Å². The van der Waals surface area contributed by atoms with Crippen molar-refractivity contribution in [3.05, 3.63) is 59.4 Å². The summed E-state index contributed by atoms with van der Waals surface area (Å²) in [6, 6.07) is 10.9. The average Bonchev–Trinajstić information content (AvgIpc) is 2.64. The number of methoxy groups -OCH3 is 2. The molecule has 0 aliphatic carbocycles. The molecule has 0 heterocycles. The molecular weight excluding hydrogens is 359 g/mol. The quantitative estimate of drug-likeness (QED) is 0.735. The third-order valence-electron chi connectivity index (χ3n) is 3.84. The standard InChI is InChI=1S/C19H23FN2O3.ClH/c1-24-15-6-3-5-13(11-15)19(22-18(23)7-4-10-21)16-12-14(20)8-9-17(16)25-2;/h3,5-6,8-9,11-12,19H,4,7,10,21H2,1-2H3,(H,22,23);1H. The van der Waals surface area contributed by atoms with Gasteiger partial charge in [0, 0.05) is 12.0 Å². The molecule has 26 heavy (non-hydrogen) atoms. The van der Waals surface area contributed by atoms with E-state index < -0.39 is 11.9 Å². The van der Waals surface area contributed by atoms with E-state index in [1.54, 1.807) is 25.3 Å². The van der Waals surface area contributed by atoms with Crippen LogP contribution in [0.5, 0.6) is 11.5 Å². The maximum atomic E-state index is 13.8. The summed E-state index contributed by atoms with van der Waals surface area (Å²) in [7, 11) is 3.08. The summed E-state index contributed by atoms with van der Waals surface area (Å²) < 4.78 is 24.4. The van der Waals surface area contributed by atoms with Crippen molar-refractivity contribution in [1.29, 1.82) is 0 Å². The second kappa shape index (κ2) is 10.6. The fourth-order valence-corrected chi connectivity index (χ4v) is 2.59. The Bertz CT molecular complexity index is 728. The monoisotopic (exact) mass is 382 g/mol. The first-order chi connectivity index (χ1) is 12.1. The summed E-state index contributed by atoms with van der Waals surface area (Å²) in [5, 5.41) is 2.94. The van der Waals surface area contributed by atoms with Gasteiger partial charge in [0.1, 0.15) is 17.3 Å². The molecule has 5 nitrogen and oxygen atoms in total. The molecule has 0 aromatic heterocycles. The molecule has 0 fully saturated rings. The average molecular weight is 383 g/mol. The molecule has 0 aliphatic heterocycles. The fraction of sp³-hybridized carbons (Fsp3) is 0.316. The molecule has 2 rings (SSSR count). The lowest BCUT2D eigenvalue weighted by atomic mass is 9.97. The zero-order valence-corrected chi connectivity index (χ0v) is 15.6. The summed E-state index contributed by atoms with van der Waals surface area (Å²) in [5.74, 6) is 0.576. The Morgan fingerprint density at radius 1 is 1.19 bits per heavy atom. The molecule has 0 radical (unpaired) electrons. The number of halogens is 2. The van der Waals surface area contributed by atoms with Crippen LogP contribution in [0.3, 0.4) is 0 Å². The van der Waals surface area contributed by atoms with E-state index in [0.29, 0.717) is 36.4 Å². The topological polar surface area (TPSA) is 73.6 Å². The van der Waals surface area contributed by atoms with Crippen molar-refractivity contribution in [3.8, 4) is 11.5 Å². The van der Waals surface area contributed by atoms with Crippen molar-refractivity contribution >= 4 is 18.3 Å². The van der Waals surface area contributed by atoms with Gasteiger partial charge in [-0.1, -0.05) is 12.1 Å². The highest BCUT2D eigenvalue weighted by atomic mass is 35.5. The van der Waals surface area contributed by atoms with Crippen LogP contribution in [0.15, 0.2) is 42.5 Å². The minimum absolute atomic E-state index is 0. The highest BCUT2D eigenvalue weighted by molar-refractivity contribution is 5.85. The van der Waals surface area contributed by atoms with Crippen LogP contribution in [-0.2, 0) is 4.79 Å². The van der Waals surface area contributed by atoms with Crippen LogP contribution in [-0.4, -0.2) is 26.7 Å². The third kappa shape index (κ3) is 5.61. The number of hydrogen-bond acceptors (Lipinski definition) is 4. The molecule has 3 N–H and O–H groups in total. The van der Waals surface area contributed by atoms with E-state index in [1.165, 1.54) is 19.2 Å². The maximum absolute atomic E-state index is 13.8. The molecule has 1 unspecified atom stereocenters. The molecule has 0 aliphatic rings. The summed E-state index contributed by atoms with van der Waals surface area (Å²) in [4.78, 5) is 12.3. The van der Waals surface area contributed by atoms with Crippen LogP contribution >= 0.6 is 12.4 Å². The zero-order valence-electron chi connectivity index (χ0n) is 14.8. The smallest absolute Gasteiger partial charge is 0.220 e. The van der Waals surface area contributed by atoms with Gasteiger partial charge in [-0.3, -0.25) is 4.79 Å². The molecule has 1 atom stereocenters. The van der Waals surface area contributed by atoms with Crippen molar-refractivity contribution in [1.82, 2.24) is 5.32 Å². The number of carbonyl (C=O) groups excluding carboxylic acids is 1. The first kappa shape index (κ1) is 21.7. The number of hydrogen-bond donors (Lipinski definition) is 2. The number of amides is 1. The first-order valence-electron chi connectivity index (χ1n) is 8.06. The highest BCUT2D eigenvalue weighted by Crippen LogP contribution is 2.32. The van der Waals surface area contributed by atoms with Crippen LogP contribution in [0.25, 0.3) is 0 Å². The Morgan fingerprint density at radius 2 is 1.96 bits per heavy atom. The minimum atomic E-state index is -0.564. The van der Waals surface area contributed by atoms with Gasteiger partial charge in [0.15, 0.2) is 0 Å². The van der Waals surface area contributed by atoms with Gasteiger partial charge in [0.2, 0.25) is 5.91 Å². The van der Waals surface area contributed by atoms with Crippen molar-refractivity contribution in [2.75, 3.05) is 20.8 Å². The van der Waals surface area contributed by atoms with Gasteiger partial charge in [-0.15, -0.1) is 12.4 Å². The zero-order chi connectivity index (χ0) is 18.2. The predicted octanol–water partition coefficient (Wildman–Crippen LogP) is 3.21. The van der Waals surface area contributed by atoms with Gasteiger partial charge in [-0.05, 0) is 48.9 Å². The fourth-order valence-electron chi connectivity index (χ4n) is 2.59. The van der Waals surface area contributed by atoms with E-state index in [2.05, 4.69) is 5.32 Å². The Kier molecular flexibility index (Phi) is 8.88. The van der Waals surface area contributed by atoms with Gasteiger partial charge < -0.3 is 20.5 Å². The van der Waals surface area contributed by atoms with Crippen LogP contribution in [0.2, 0.25) is 0 Å². The molecule has 2 aromatic rings. The molecular formula is C19H24ClFN2O3. The third-order valence-corrected chi connectivity index (χ3v) is 3.84. The number of ether oxygens (including phenoxy) is 2. The first-order valence-corrected chi connectivity index (χ1v) is 8.06. The second-order valence-electron chi connectivity index (χ2n) is 5.56. The molecule has 7 heteroatoms. The Labute approximate surface area is 159 Å². The Balaban J connectivity index is 0.00000338. The van der Waals surface area contributed by atoms with Gasteiger partial charge in [0.05, 0.1) is 20.3 Å². The van der Waals surface area contributed by atoms with Gasteiger partial charge >= 0.3 is 0 Å². The maximum Gasteiger partial charge on any atom is 0.220 e. The molecule has 0 saturated heterocycles. The number of nitrogens with one attached hydrogen (secondary N) is 1. The number of carbonyl (C=O) groups is 1. The summed E-state index contributed by atoms with van der Waals surface area (Å²) in [6.45, 7) is 0.431. The van der Waals surface area contributed by atoms with Crippen molar-refractivity contribution < 1.29 is 18.7 Å². The van der Waals surface area contributed by atoms with Crippen molar-refractivity contribution in [2.45, 2.75) is 18.9 Å². The second-order valence-corrected chi connectivity index (χ2v) is 5.56. The number of nitrogens with two attached hydrogens (primary N) is 1. The van der Waals surface area contributed by atoms with E-state index >= 15 is 0 Å². The lowest BCUT2D eigenvalue weighted by Crippen LogP contribution is -2.30. The molecule has 0 bridgehead atoms. The molecule has 2 aromatic carbocycles. The van der Waals surface area contributed by atoms with Crippen molar-refractivity contribution in [2.24, 2.45) is 5.73 Å². The predicted molar refractivity (Wildman–Crippen MR) is 101 cm³/mol. The lowest BCUT2D eigenvalue weighted by molar-refractivity contribution is -0.121. The summed E-state index contributed by atoms with van der Waals surface area (Å²) >= 11 is 0. The van der Waals surface area contributed by atoms with Crippen LogP contribution in [0, 0.1) is 5.82 Å². The van der Waals surface area contributed by atoms with E-state index in [9.17, 15) is 9.18 Å². The highest BCUT2D eigenvalue weighted by Gasteiger charge is 2.21. The SMILES string of the molecule is COc1cccc(C(NC(=O)CCCN)c2cc(F)ccc2OC)c1.Cl. The van der Waals surface area contributed by atoms with E-state index in [-0.39, 0.29) is 18.3 Å². The minimum Gasteiger partial charge on any atom is -0.497 e. The van der Waals surface area contributed by atoms with Crippen molar-refractivity contribution in [3.63, 3.8) is 0 Å². The van der Waals surface area contributed by atoms with E-state index in [0.717, 1.165) is 5.56 Å². The molecule has 1 amide bonds.